The van der Waals surface area contributed by atoms with Crippen LogP contribution in [-0.2, 0) is 12.5 Å². The monoisotopic (exact) mass is 506 g/mol. The number of amides is 1. The van der Waals surface area contributed by atoms with Crippen LogP contribution in [0.2, 0.25) is 0 Å². The molecular weight excluding hydrogens is 478 g/mol. The topological polar surface area (TPSA) is 109 Å². The van der Waals surface area contributed by atoms with Crippen LogP contribution in [0, 0.1) is 6.92 Å². The molecule has 4 N–H and O–H groups in total. The number of benzene rings is 2. The van der Waals surface area contributed by atoms with Gasteiger partial charge in [-0.15, -0.1) is 0 Å². The molecule has 0 fully saturated rings. The van der Waals surface area contributed by atoms with E-state index in [4.69, 9.17) is 0 Å². The van der Waals surface area contributed by atoms with Gasteiger partial charge in [0.2, 0.25) is 0 Å². The average Bonchev–Trinajstić information content (AvgIpc) is 3.32. The first-order chi connectivity index (χ1) is 17.7. The summed E-state index contributed by atoms with van der Waals surface area (Å²) < 4.78 is 28.9. The Hall–Kier alpha value is -4.54. The number of hydrogen-bond donors (Lipinski definition) is 4. The fraction of sp³-hybridized carbons (Fsp3) is 0.231. The number of carbonyl (C=O) groups is 1. The first-order valence-corrected chi connectivity index (χ1v) is 11.6. The van der Waals surface area contributed by atoms with Crippen LogP contribution >= 0.6 is 0 Å². The van der Waals surface area contributed by atoms with Crippen molar-refractivity contribution < 1.29 is 13.6 Å². The zero-order valence-electron chi connectivity index (χ0n) is 20.9. The van der Waals surface area contributed by atoms with E-state index in [-0.39, 0.29) is 17.2 Å². The summed E-state index contributed by atoms with van der Waals surface area (Å²) >= 11 is 0. The maximum absolute atomic E-state index is 13.7. The van der Waals surface area contributed by atoms with E-state index >= 15 is 0 Å². The standard InChI is InChI=1S/C26H28F2N8O/c1-16-8-9-19(31-14-17-6-5-7-18(10-17)26(2,27)28)11-20(16)34-24-12-21(25(37)30-4)35-36(24)23-13-22(29-3)32-15-33-23/h5-13,15,31,34H,14H2,1-4H3,(H,30,37)(H,29,32,33). The molecule has 0 atom stereocenters. The molecule has 2 aromatic heterocycles. The molecule has 0 unspecified atom stereocenters. The van der Waals surface area contributed by atoms with Crippen molar-refractivity contribution in [1.82, 2.24) is 25.1 Å². The second-order valence-corrected chi connectivity index (χ2v) is 8.51. The molecule has 37 heavy (non-hydrogen) atoms. The minimum atomic E-state index is -2.90. The van der Waals surface area contributed by atoms with E-state index in [1.54, 1.807) is 31.3 Å². The molecule has 11 heteroatoms. The van der Waals surface area contributed by atoms with Crippen molar-refractivity contribution in [2.45, 2.75) is 26.3 Å². The van der Waals surface area contributed by atoms with Crippen LogP contribution in [0.3, 0.4) is 0 Å². The molecule has 2 heterocycles. The normalized spacial score (nSPS) is 11.2. The van der Waals surface area contributed by atoms with Gasteiger partial charge in [0.25, 0.3) is 11.8 Å². The number of halogens is 2. The van der Waals surface area contributed by atoms with Crippen LogP contribution in [0.1, 0.15) is 34.1 Å². The molecule has 192 valence electrons. The Balaban J connectivity index is 1.61. The molecule has 0 aliphatic carbocycles. The van der Waals surface area contributed by atoms with E-state index in [0.29, 0.717) is 24.0 Å². The molecule has 2 aromatic carbocycles. The molecule has 0 bridgehead atoms. The Labute approximate surface area is 213 Å². The molecule has 4 rings (SSSR count). The van der Waals surface area contributed by atoms with Crippen LogP contribution in [0.4, 0.5) is 31.8 Å². The maximum Gasteiger partial charge on any atom is 0.271 e. The third-order valence-electron chi connectivity index (χ3n) is 5.73. The smallest absolute Gasteiger partial charge is 0.271 e. The van der Waals surface area contributed by atoms with Crippen molar-refractivity contribution in [2.24, 2.45) is 0 Å². The van der Waals surface area contributed by atoms with Gasteiger partial charge in [0.15, 0.2) is 11.5 Å². The van der Waals surface area contributed by atoms with Crippen molar-refractivity contribution in [2.75, 3.05) is 30.0 Å². The highest BCUT2D eigenvalue weighted by molar-refractivity contribution is 5.93. The predicted molar refractivity (Wildman–Crippen MR) is 140 cm³/mol. The second kappa shape index (κ2) is 10.6. The number of aryl methyl sites for hydroxylation is 1. The van der Waals surface area contributed by atoms with Crippen molar-refractivity contribution in [3.05, 3.63) is 83.3 Å². The van der Waals surface area contributed by atoms with Crippen molar-refractivity contribution in [3.63, 3.8) is 0 Å². The lowest BCUT2D eigenvalue weighted by molar-refractivity contribution is 0.0174. The summed E-state index contributed by atoms with van der Waals surface area (Å²) in [5.41, 5.74) is 3.45. The Morgan fingerprint density at radius 2 is 1.86 bits per heavy atom. The Morgan fingerprint density at radius 1 is 1.05 bits per heavy atom. The minimum absolute atomic E-state index is 0.0237. The third kappa shape index (κ3) is 6.00. The lowest BCUT2D eigenvalue weighted by atomic mass is 10.1. The van der Waals surface area contributed by atoms with Crippen molar-refractivity contribution >= 4 is 28.9 Å². The predicted octanol–water partition coefficient (Wildman–Crippen LogP) is 4.84. The third-order valence-corrected chi connectivity index (χ3v) is 5.73. The fourth-order valence-electron chi connectivity index (χ4n) is 3.65. The summed E-state index contributed by atoms with van der Waals surface area (Å²) in [4.78, 5) is 20.7. The van der Waals surface area contributed by atoms with Gasteiger partial charge in [-0.2, -0.15) is 9.78 Å². The Kier molecular flexibility index (Phi) is 7.32. The number of hydrogen-bond acceptors (Lipinski definition) is 7. The lowest BCUT2D eigenvalue weighted by Crippen LogP contribution is -2.18. The van der Waals surface area contributed by atoms with Gasteiger partial charge in [-0.25, -0.2) is 18.7 Å². The van der Waals surface area contributed by atoms with Crippen LogP contribution < -0.4 is 21.3 Å². The van der Waals surface area contributed by atoms with Gasteiger partial charge >= 0.3 is 0 Å². The number of anilines is 4. The van der Waals surface area contributed by atoms with Gasteiger partial charge in [-0.1, -0.05) is 24.3 Å². The summed E-state index contributed by atoms with van der Waals surface area (Å²) in [7, 11) is 3.28. The number of nitrogens with zero attached hydrogens (tertiary/aromatic N) is 4. The van der Waals surface area contributed by atoms with Gasteiger partial charge in [0.1, 0.15) is 18.0 Å². The molecule has 0 aliphatic heterocycles. The maximum atomic E-state index is 13.7. The van der Waals surface area contributed by atoms with Gasteiger partial charge in [0.05, 0.1) is 0 Å². The van der Waals surface area contributed by atoms with Gasteiger partial charge in [0, 0.05) is 56.6 Å². The van der Waals surface area contributed by atoms with Gasteiger partial charge in [-0.3, -0.25) is 4.79 Å². The molecule has 4 aromatic rings. The molecule has 9 nitrogen and oxygen atoms in total. The SMILES string of the molecule is CNC(=O)c1cc(Nc2cc(NCc3cccc(C(C)(F)F)c3)ccc2C)n(-c2cc(NC)ncn2)n1. The van der Waals surface area contributed by atoms with Crippen LogP contribution in [0.15, 0.2) is 60.9 Å². The van der Waals surface area contributed by atoms with E-state index in [0.717, 1.165) is 29.4 Å². The zero-order valence-corrected chi connectivity index (χ0v) is 20.9. The average molecular weight is 507 g/mol. The molecule has 0 aliphatic rings. The highest BCUT2D eigenvalue weighted by Gasteiger charge is 2.24. The molecule has 0 spiro atoms. The van der Waals surface area contributed by atoms with E-state index in [9.17, 15) is 13.6 Å². The highest BCUT2D eigenvalue weighted by Crippen LogP contribution is 2.29. The Bertz CT molecular complexity index is 1410. The number of nitrogens with one attached hydrogen (secondary N) is 4. The van der Waals surface area contributed by atoms with E-state index in [1.807, 2.05) is 25.1 Å². The number of rotatable bonds is 9. The summed E-state index contributed by atoms with van der Waals surface area (Å²) in [5.74, 6) is -1.64. The minimum Gasteiger partial charge on any atom is -0.381 e. The first-order valence-electron chi connectivity index (χ1n) is 11.6. The fourth-order valence-corrected chi connectivity index (χ4v) is 3.65. The van der Waals surface area contributed by atoms with Crippen LogP contribution in [-0.4, -0.2) is 39.8 Å². The van der Waals surface area contributed by atoms with Crippen molar-refractivity contribution in [3.8, 4) is 5.82 Å². The second-order valence-electron chi connectivity index (χ2n) is 8.51. The van der Waals surface area contributed by atoms with Crippen molar-refractivity contribution in [1.29, 1.82) is 0 Å². The molecule has 1 amide bonds. The molecule has 0 saturated carbocycles. The summed E-state index contributed by atoms with van der Waals surface area (Å²) in [5, 5.41) is 16.6. The van der Waals surface area contributed by atoms with Crippen LogP contribution in [0.25, 0.3) is 5.82 Å². The summed E-state index contributed by atoms with van der Waals surface area (Å²) in [6.07, 6.45) is 1.41. The largest absolute Gasteiger partial charge is 0.381 e. The molecule has 0 radical (unpaired) electrons. The Morgan fingerprint density at radius 3 is 2.59 bits per heavy atom. The number of aromatic nitrogens is 4. The quantitative estimate of drug-likeness (QED) is 0.257. The molecular formula is C26H28F2N8O. The summed E-state index contributed by atoms with van der Waals surface area (Å²) in [6.45, 7) is 3.21. The van der Waals surface area contributed by atoms with Gasteiger partial charge < -0.3 is 21.3 Å². The molecule has 0 saturated heterocycles. The number of alkyl halides is 2. The first kappa shape index (κ1) is 25.5. The van der Waals surface area contributed by atoms with E-state index in [1.165, 1.54) is 30.2 Å². The summed E-state index contributed by atoms with van der Waals surface area (Å²) in [6, 6.07) is 15.5. The van der Waals surface area contributed by atoms with Crippen LogP contribution in [0.5, 0.6) is 0 Å². The lowest BCUT2D eigenvalue weighted by Gasteiger charge is -2.15. The highest BCUT2D eigenvalue weighted by atomic mass is 19.3. The van der Waals surface area contributed by atoms with E-state index in [2.05, 4.69) is 36.3 Å². The zero-order chi connectivity index (χ0) is 26.6. The van der Waals surface area contributed by atoms with E-state index < -0.39 is 5.92 Å². The van der Waals surface area contributed by atoms with Gasteiger partial charge in [-0.05, 0) is 36.2 Å². The number of carbonyl (C=O) groups excluding carboxylic acids is 1.